The van der Waals surface area contributed by atoms with Gasteiger partial charge in [-0.15, -0.1) is 0 Å². The SMILES string of the molecule is CCc1[nH]c(C(=O)Nc2ccc3c(c2)CC(=O)N3)c(C)c1C(=O)OC. The molecule has 2 aromatic rings. The van der Waals surface area contributed by atoms with Crippen LogP contribution in [-0.2, 0) is 22.4 Å². The van der Waals surface area contributed by atoms with Crippen LogP contribution in [0.5, 0.6) is 0 Å². The van der Waals surface area contributed by atoms with Crippen LogP contribution in [0.1, 0.15) is 44.6 Å². The summed E-state index contributed by atoms with van der Waals surface area (Å²) in [4.78, 5) is 39.0. The van der Waals surface area contributed by atoms with E-state index in [-0.39, 0.29) is 11.8 Å². The zero-order valence-corrected chi connectivity index (χ0v) is 14.3. The summed E-state index contributed by atoms with van der Waals surface area (Å²) in [5, 5.41) is 5.55. The van der Waals surface area contributed by atoms with Gasteiger partial charge < -0.3 is 20.4 Å². The minimum Gasteiger partial charge on any atom is -0.465 e. The molecule has 0 atom stereocenters. The molecular weight excluding hydrogens is 322 g/mol. The Balaban J connectivity index is 1.87. The zero-order valence-electron chi connectivity index (χ0n) is 14.3. The number of anilines is 2. The second-order valence-corrected chi connectivity index (χ2v) is 5.87. The number of ether oxygens (including phenoxy) is 1. The van der Waals surface area contributed by atoms with Crippen LogP contribution in [0.2, 0.25) is 0 Å². The number of hydrogen-bond donors (Lipinski definition) is 3. The number of carbonyl (C=O) groups excluding carboxylic acids is 3. The Morgan fingerprint density at radius 3 is 2.76 bits per heavy atom. The van der Waals surface area contributed by atoms with Crippen LogP contribution in [0.4, 0.5) is 11.4 Å². The van der Waals surface area contributed by atoms with Crippen molar-refractivity contribution in [3.05, 3.63) is 46.3 Å². The summed E-state index contributed by atoms with van der Waals surface area (Å²) in [6, 6.07) is 5.25. The summed E-state index contributed by atoms with van der Waals surface area (Å²) in [6.45, 7) is 3.60. The molecule has 0 fully saturated rings. The summed E-state index contributed by atoms with van der Waals surface area (Å²) in [5.74, 6) is -0.875. The van der Waals surface area contributed by atoms with E-state index in [0.29, 0.717) is 41.0 Å². The van der Waals surface area contributed by atoms with E-state index in [4.69, 9.17) is 4.74 Å². The normalized spacial score (nSPS) is 12.5. The number of hydrogen-bond acceptors (Lipinski definition) is 4. The monoisotopic (exact) mass is 341 g/mol. The van der Waals surface area contributed by atoms with Gasteiger partial charge in [0.15, 0.2) is 0 Å². The van der Waals surface area contributed by atoms with Crippen molar-refractivity contribution in [1.29, 1.82) is 0 Å². The zero-order chi connectivity index (χ0) is 18.1. The van der Waals surface area contributed by atoms with E-state index in [1.807, 2.05) is 6.92 Å². The number of amides is 2. The highest BCUT2D eigenvalue weighted by atomic mass is 16.5. The quantitative estimate of drug-likeness (QED) is 0.744. The van der Waals surface area contributed by atoms with Crippen molar-refractivity contribution in [3.63, 3.8) is 0 Å². The van der Waals surface area contributed by atoms with Crippen LogP contribution in [0.25, 0.3) is 0 Å². The summed E-state index contributed by atoms with van der Waals surface area (Å²) in [7, 11) is 1.31. The molecule has 0 aliphatic carbocycles. The molecule has 0 saturated carbocycles. The van der Waals surface area contributed by atoms with Crippen molar-refractivity contribution in [3.8, 4) is 0 Å². The molecular formula is C18H19N3O4. The molecule has 1 aromatic heterocycles. The average Bonchev–Trinajstić information content (AvgIpc) is 3.12. The second kappa shape index (κ2) is 6.43. The Kier molecular flexibility index (Phi) is 4.31. The van der Waals surface area contributed by atoms with Crippen LogP contribution >= 0.6 is 0 Å². The fraction of sp³-hybridized carbons (Fsp3) is 0.278. The van der Waals surface area contributed by atoms with Gasteiger partial charge in [0.2, 0.25) is 5.91 Å². The lowest BCUT2D eigenvalue weighted by Gasteiger charge is -2.07. The summed E-state index contributed by atoms with van der Waals surface area (Å²) in [6.07, 6.45) is 0.873. The fourth-order valence-electron chi connectivity index (χ4n) is 3.03. The number of aromatic nitrogens is 1. The molecule has 0 unspecified atom stereocenters. The molecule has 2 heterocycles. The van der Waals surface area contributed by atoms with Crippen LogP contribution in [-0.4, -0.2) is 29.9 Å². The van der Waals surface area contributed by atoms with Crippen molar-refractivity contribution in [2.45, 2.75) is 26.7 Å². The molecule has 0 spiro atoms. The van der Waals surface area contributed by atoms with E-state index in [2.05, 4.69) is 15.6 Å². The van der Waals surface area contributed by atoms with Crippen molar-refractivity contribution in [1.82, 2.24) is 4.98 Å². The Morgan fingerprint density at radius 2 is 2.08 bits per heavy atom. The highest BCUT2D eigenvalue weighted by Crippen LogP contribution is 2.27. The first-order valence-corrected chi connectivity index (χ1v) is 7.98. The molecule has 0 radical (unpaired) electrons. The van der Waals surface area contributed by atoms with Gasteiger partial charge >= 0.3 is 5.97 Å². The van der Waals surface area contributed by atoms with Crippen LogP contribution in [0, 0.1) is 6.92 Å². The van der Waals surface area contributed by atoms with Crippen molar-refractivity contribution in [2.75, 3.05) is 17.7 Å². The van der Waals surface area contributed by atoms with E-state index < -0.39 is 5.97 Å². The van der Waals surface area contributed by atoms with E-state index in [1.165, 1.54) is 7.11 Å². The molecule has 2 amide bonds. The van der Waals surface area contributed by atoms with Crippen molar-refractivity contribution in [2.24, 2.45) is 0 Å². The third kappa shape index (κ3) is 3.00. The number of fused-ring (bicyclic) bond motifs is 1. The molecule has 130 valence electrons. The lowest BCUT2D eigenvalue weighted by Crippen LogP contribution is -2.14. The molecule has 0 bridgehead atoms. The number of benzene rings is 1. The maximum atomic E-state index is 12.6. The van der Waals surface area contributed by atoms with Gasteiger partial charge in [-0.25, -0.2) is 4.79 Å². The number of aryl methyl sites for hydroxylation is 1. The van der Waals surface area contributed by atoms with E-state index in [9.17, 15) is 14.4 Å². The van der Waals surface area contributed by atoms with Gasteiger partial charge in [-0.2, -0.15) is 0 Å². The van der Waals surface area contributed by atoms with Gasteiger partial charge in [-0.05, 0) is 42.7 Å². The van der Waals surface area contributed by atoms with E-state index in [1.54, 1.807) is 25.1 Å². The Bertz CT molecular complexity index is 883. The van der Waals surface area contributed by atoms with E-state index >= 15 is 0 Å². The summed E-state index contributed by atoms with van der Waals surface area (Å²) < 4.78 is 4.80. The van der Waals surface area contributed by atoms with Crippen molar-refractivity contribution >= 4 is 29.2 Å². The molecule has 1 aromatic carbocycles. The molecule has 0 saturated heterocycles. The van der Waals surface area contributed by atoms with Crippen LogP contribution in [0.3, 0.4) is 0 Å². The maximum Gasteiger partial charge on any atom is 0.339 e. The number of aromatic amines is 1. The van der Waals surface area contributed by atoms with E-state index in [0.717, 1.165) is 11.3 Å². The topological polar surface area (TPSA) is 100 Å². The van der Waals surface area contributed by atoms with Gasteiger partial charge in [0.1, 0.15) is 5.69 Å². The maximum absolute atomic E-state index is 12.6. The second-order valence-electron chi connectivity index (χ2n) is 5.87. The lowest BCUT2D eigenvalue weighted by molar-refractivity contribution is -0.115. The number of rotatable bonds is 4. The third-order valence-corrected chi connectivity index (χ3v) is 4.29. The average molecular weight is 341 g/mol. The first kappa shape index (κ1) is 16.8. The standard InChI is InChI=1S/C18H19N3O4/c1-4-12-15(18(24)25-3)9(2)16(21-12)17(23)19-11-5-6-13-10(7-11)8-14(22)20-13/h5-7,21H,4,8H2,1-3H3,(H,19,23)(H,20,22). The summed E-state index contributed by atoms with van der Waals surface area (Å²) >= 11 is 0. The number of esters is 1. The number of H-pyrrole nitrogens is 1. The van der Waals surface area contributed by atoms with Crippen LogP contribution < -0.4 is 10.6 Å². The molecule has 3 N–H and O–H groups in total. The van der Waals surface area contributed by atoms with Gasteiger partial charge in [0, 0.05) is 17.1 Å². The highest BCUT2D eigenvalue weighted by Gasteiger charge is 2.24. The third-order valence-electron chi connectivity index (χ3n) is 4.29. The van der Waals surface area contributed by atoms with Gasteiger partial charge in [-0.1, -0.05) is 6.92 Å². The highest BCUT2D eigenvalue weighted by molar-refractivity contribution is 6.07. The van der Waals surface area contributed by atoms with Crippen LogP contribution in [0.15, 0.2) is 18.2 Å². The minimum absolute atomic E-state index is 0.0611. The predicted molar refractivity (Wildman–Crippen MR) is 93.0 cm³/mol. The molecule has 7 heteroatoms. The van der Waals surface area contributed by atoms with Gasteiger partial charge in [-0.3, -0.25) is 9.59 Å². The first-order chi connectivity index (χ1) is 11.9. The fourth-order valence-corrected chi connectivity index (χ4v) is 3.03. The number of nitrogens with one attached hydrogen (secondary N) is 3. The Labute approximate surface area is 144 Å². The smallest absolute Gasteiger partial charge is 0.339 e. The summed E-state index contributed by atoms with van der Waals surface area (Å²) in [5.41, 5.74) is 4.14. The molecule has 7 nitrogen and oxygen atoms in total. The lowest BCUT2D eigenvalue weighted by atomic mass is 10.1. The predicted octanol–water partition coefficient (Wildman–Crippen LogP) is 2.42. The first-order valence-electron chi connectivity index (χ1n) is 7.98. The van der Waals surface area contributed by atoms with Crippen molar-refractivity contribution < 1.29 is 19.1 Å². The Morgan fingerprint density at radius 1 is 1.32 bits per heavy atom. The van der Waals surface area contributed by atoms with Gasteiger partial charge in [0.05, 0.1) is 19.1 Å². The largest absolute Gasteiger partial charge is 0.465 e. The molecule has 3 rings (SSSR count). The molecule has 1 aliphatic heterocycles. The Hall–Kier alpha value is -3.09. The molecule has 25 heavy (non-hydrogen) atoms. The van der Waals surface area contributed by atoms with Gasteiger partial charge in [0.25, 0.3) is 5.91 Å². The number of methoxy groups -OCH3 is 1. The molecule has 1 aliphatic rings. The minimum atomic E-state index is -0.466. The number of carbonyl (C=O) groups is 3.